The minimum absolute atomic E-state index is 0.817. The molecule has 0 spiro atoms. The summed E-state index contributed by atoms with van der Waals surface area (Å²) in [6.07, 6.45) is 6.18. The Morgan fingerprint density at radius 2 is 2.00 bits per heavy atom. The van der Waals surface area contributed by atoms with Crippen LogP contribution in [-0.4, -0.2) is 10.1 Å². The number of nitrogens with one attached hydrogen (secondary N) is 1. The number of thiazole rings is 1. The highest BCUT2D eigenvalue weighted by Crippen LogP contribution is 2.32. The first-order chi connectivity index (χ1) is 8.74. The molecule has 0 bridgehead atoms. The molecule has 0 amide bonds. The third-order valence-corrected chi connectivity index (χ3v) is 4.43. The van der Waals surface area contributed by atoms with Crippen LogP contribution in [0.2, 0.25) is 0 Å². The van der Waals surface area contributed by atoms with Crippen LogP contribution in [0, 0.1) is 13.8 Å². The Morgan fingerprint density at radius 3 is 2.78 bits per heavy atom. The molecule has 1 aliphatic carbocycles. The molecule has 96 valence electrons. The third-order valence-electron chi connectivity index (χ3n) is 3.36. The number of aromatic nitrogens is 2. The van der Waals surface area contributed by atoms with Crippen LogP contribution < -0.4 is 5.32 Å². The number of anilines is 2. The minimum Gasteiger partial charge on any atom is -0.359 e. The molecule has 3 rings (SSSR count). The third kappa shape index (κ3) is 2.14. The van der Waals surface area contributed by atoms with Crippen LogP contribution in [0.5, 0.6) is 0 Å². The van der Waals surface area contributed by atoms with Gasteiger partial charge >= 0.3 is 0 Å². The van der Waals surface area contributed by atoms with Gasteiger partial charge in [-0.05, 0) is 39.5 Å². The summed E-state index contributed by atoms with van der Waals surface area (Å²) in [5.41, 5.74) is 3.13. The monoisotopic (exact) mass is 263 g/mol. The van der Waals surface area contributed by atoms with Gasteiger partial charge in [0.1, 0.15) is 11.4 Å². The highest BCUT2D eigenvalue weighted by molar-refractivity contribution is 7.15. The average molecular weight is 263 g/mol. The Balaban J connectivity index is 1.86. The summed E-state index contributed by atoms with van der Waals surface area (Å²) < 4.78 is 5.15. The second-order valence-corrected chi connectivity index (χ2v) is 5.86. The maximum Gasteiger partial charge on any atom is 0.187 e. The van der Waals surface area contributed by atoms with Crippen LogP contribution in [0.15, 0.2) is 4.52 Å². The number of fused-ring (bicyclic) bond motifs is 1. The Labute approximate surface area is 110 Å². The van der Waals surface area contributed by atoms with E-state index in [0.29, 0.717) is 0 Å². The van der Waals surface area contributed by atoms with Crippen LogP contribution in [0.25, 0.3) is 0 Å². The lowest BCUT2D eigenvalue weighted by Crippen LogP contribution is -1.93. The van der Waals surface area contributed by atoms with E-state index in [-0.39, 0.29) is 0 Å². The zero-order valence-corrected chi connectivity index (χ0v) is 11.6. The van der Waals surface area contributed by atoms with Crippen molar-refractivity contribution in [2.24, 2.45) is 0 Å². The van der Waals surface area contributed by atoms with Crippen LogP contribution in [0.1, 0.15) is 41.3 Å². The number of hydrogen-bond acceptors (Lipinski definition) is 5. The van der Waals surface area contributed by atoms with Gasteiger partial charge in [0.25, 0.3) is 0 Å². The molecular weight excluding hydrogens is 246 g/mol. The van der Waals surface area contributed by atoms with Crippen molar-refractivity contribution in [1.29, 1.82) is 0 Å². The van der Waals surface area contributed by atoms with Crippen molar-refractivity contribution in [3.8, 4) is 0 Å². The minimum atomic E-state index is 0.817. The first-order valence-electron chi connectivity index (χ1n) is 6.42. The maximum atomic E-state index is 5.15. The summed E-state index contributed by atoms with van der Waals surface area (Å²) >= 11 is 1.77. The SMILES string of the molecule is Cc1noc(C)c1Nc1nc2c(s1)CCCCC2. The van der Waals surface area contributed by atoms with Crippen molar-refractivity contribution in [3.63, 3.8) is 0 Å². The van der Waals surface area contributed by atoms with E-state index in [4.69, 9.17) is 9.51 Å². The summed E-state index contributed by atoms with van der Waals surface area (Å²) in [6, 6.07) is 0. The van der Waals surface area contributed by atoms with E-state index in [9.17, 15) is 0 Å². The number of nitrogens with zero attached hydrogens (tertiary/aromatic N) is 2. The fourth-order valence-corrected chi connectivity index (χ4v) is 3.40. The Morgan fingerprint density at radius 1 is 1.17 bits per heavy atom. The molecule has 0 radical (unpaired) electrons. The Kier molecular flexibility index (Phi) is 3.07. The first kappa shape index (κ1) is 11.7. The number of rotatable bonds is 2. The first-order valence-corrected chi connectivity index (χ1v) is 7.24. The zero-order valence-electron chi connectivity index (χ0n) is 10.7. The van der Waals surface area contributed by atoms with Gasteiger partial charge in [0.2, 0.25) is 0 Å². The lowest BCUT2D eigenvalue weighted by atomic mass is 10.2. The summed E-state index contributed by atoms with van der Waals surface area (Å²) in [6.45, 7) is 3.86. The van der Waals surface area contributed by atoms with E-state index in [1.165, 1.54) is 36.3 Å². The average Bonchev–Trinajstić information content (AvgIpc) is 2.80. The molecule has 0 atom stereocenters. The molecular formula is C13H17N3OS. The van der Waals surface area contributed by atoms with Gasteiger partial charge in [-0.15, -0.1) is 11.3 Å². The molecule has 0 fully saturated rings. The molecule has 4 nitrogen and oxygen atoms in total. The molecule has 18 heavy (non-hydrogen) atoms. The van der Waals surface area contributed by atoms with Gasteiger partial charge in [0, 0.05) is 4.88 Å². The van der Waals surface area contributed by atoms with Crippen LogP contribution in [0.4, 0.5) is 10.8 Å². The number of hydrogen-bond donors (Lipinski definition) is 1. The fourth-order valence-electron chi connectivity index (χ4n) is 2.35. The van der Waals surface area contributed by atoms with Crippen molar-refractivity contribution in [2.75, 3.05) is 5.32 Å². The fraction of sp³-hybridized carbons (Fsp3) is 0.538. The van der Waals surface area contributed by atoms with Crippen molar-refractivity contribution in [3.05, 3.63) is 22.0 Å². The number of aryl methyl sites for hydroxylation is 4. The summed E-state index contributed by atoms with van der Waals surface area (Å²) in [5, 5.41) is 8.27. The standard InChI is InChI=1S/C13H17N3OS/c1-8-12(9(2)17-16-8)15-13-14-10-6-4-3-5-7-11(10)18-13/h3-7H2,1-2H3,(H,14,15). The molecule has 0 saturated heterocycles. The van der Waals surface area contributed by atoms with E-state index < -0.39 is 0 Å². The molecule has 2 aromatic heterocycles. The molecule has 5 heteroatoms. The van der Waals surface area contributed by atoms with E-state index in [1.54, 1.807) is 11.3 Å². The van der Waals surface area contributed by atoms with E-state index >= 15 is 0 Å². The summed E-state index contributed by atoms with van der Waals surface area (Å²) in [7, 11) is 0. The normalized spacial score (nSPS) is 15.2. The molecule has 0 aromatic carbocycles. The molecule has 0 aliphatic heterocycles. The van der Waals surface area contributed by atoms with E-state index in [2.05, 4.69) is 10.5 Å². The smallest absolute Gasteiger partial charge is 0.187 e. The molecule has 2 aromatic rings. The lowest BCUT2D eigenvalue weighted by Gasteiger charge is -2.00. The zero-order chi connectivity index (χ0) is 12.5. The van der Waals surface area contributed by atoms with Crippen molar-refractivity contribution in [1.82, 2.24) is 10.1 Å². The van der Waals surface area contributed by atoms with E-state index in [1.807, 2.05) is 13.8 Å². The second kappa shape index (κ2) is 4.72. The van der Waals surface area contributed by atoms with Gasteiger partial charge in [-0.3, -0.25) is 0 Å². The molecule has 0 saturated carbocycles. The van der Waals surface area contributed by atoms with Gasteiger partial charge in [-0.25, -0.2) is 4.98 Å². The summed E-state index contributed by atoms with van der Waals surface area (Å²) in [4.78, 5) is 6.15. The Hall–Kier alpha value is -1.36. The highest BCUT2D eigenvalue weighted by Gasteiger charge is 2.16. The van der Waals surface area contributed by atoms with Crippen molar-refractivity contribution >= 4 is 22.2 Å². The molecule has 0 unspecified atom stereocenters. The quantitative estimate of drug-likeness (QED) is 0.838. The molecule has 1 N–H and O–H groups in total. The van der Waals surface area contributed by atoms with Crippen LogP contribution in [-0.2, 0) is 12.8 Å². The molecule has 1 aliphatic rings. The van der Waals surface area contributed by atoms with Gasteiger partial charge in [-0.1, -0.05) is 11.6 Å². The Bertz CT molecular complexity index is 516. The van der Waals surface area contributed by atoms with Gasteiger partial charge < -0.3 is 9.84 Å². The van der Waals surface area contributed by atoms with Crippen molar-refractivity contribution in [2.45, 2.75) is 46.0 Å². The topological polar surface area (TPSA) is 51.0 Å². The van der Waals surface area contributed by atoms with Crippen LogP contribution in [0.3, 0.4) is 0 Å². The van der Waals surface area contributed by atoms with Crippen LogP contribution >= 0.6 is 11.3 Å². The predicted molar refractivity (Wildman–Crippen MR) is 72.6 cm³/mol. The molecule has 2 heterocycles. The highest BCUT2D eigenvalue weighted by atomic mass is 32.1. The van der Waals surface area contributed by atoms with Gasteiger partial charge in [0.15, 0.2) is 10.9 Å². The van der Waals surface area contributed by atoms with Crippen molar-refractivity contribution < 1.29 is 4.52 Å². The lowest BCUT2D eigenvalue weighted by molar-refractivity contribution is 0.393. The van der Waals surface area contributed by atoms with E-state index in [0.717, 1.165) is 28.7 Å². The largest absolute Gasteiger partial charge is 0.359 e. The summed E-state index contributed by atoms with van der Waals surface area (Å²) in [5.74, 6) is 0.817. The predicted octanol–water partition coefficient (Wildman–Crippen LogP) is 3.76. The van der Waals surface area contributed by atoms with Gasteiger partial charge in [0.05, 0.1) is 5.69 Å². The second-order valence-electron chi connectivity index (χ2n) is 4.77. The van der Waals surface area contributed by atoms with Gasteiger partial charge in [-0.2, -0.15) is 0 Å². The maximum absolute atomic E-state index is 5.15.